The van der Waals surface area contributed by atoms with Crippen molar-refractivity contribution >= 4 is 11.8 Å². The van der Waals surface area contributed by atoms with Crippen LogP contribution in [0, 0.1) is 0 Å². The zero-order chi connectivity index (χ0) is 14.8. The average molecular weight is 275 g/mol. The van der Waals surface area contributed by atoms with Crippen molar-refractivity contribution in [2.24, 2.45) is 0 Å². The van der Waals surface area contributed by atoms with Crippen LogP contribution >= 0.6 is 0 Å². The van der Waals surface area contributed by atoms with Gasteiger partial charge in [-0.05, 0) is 23.5 Å². The summed E-state index contributed by atoms with van der Waals surface area (Å²) in [6, 6.07) is 3.67. The lowest BCUT2D eigenvalue weighted by Gasteiger charge is -2.23. The second-order valence-corrected chi connectivity index (χ2v) is 6.20. The third-order valence-corrected chi connectivity index (χ3v) is 3.46. The minimum absolute atomic E-state index is 0.00991. The van der Waals surface area contributed by atoms with Crippen LogP contribution in [-0.4, -0.2) is 29.4 Å². The fourth-order valence-electron chi connectivity index (χ4n) is 2.09. The number of piperidine rings is 1. The van der Waals surface area contributed by atoms with Gasteiger partial charge in [0, 0.05) is 25.2 Å². The van der Waals surface area contributed by atoms with Crippen molar-refractivity contribution in [3.63, 3.8) is 0 Å². The van der Waals surface area contributed by atoms with Crippen molar-refractivity contribution in [1.29, 1.82) is 0 Å². The molecule has 20 heavy (non-hydrogen) atoms. The van der Waals surface area contributed by atoms with Crippen molar-refractivity contribution < 1.29 is 9.59 Å². The number of aromatic nitrogens is 1. The van der Waals surface area contributed by atoms with Gasteiger partial charge in [0.15, 0.2) is 0 Å². The van der Waals surface area contributed by atoms with E-state index in [9.17, 15) is 9.59 Å². The largest absolute Gasteiger partial charge is 0.354 e. The Balaban J connectivity index is 1.97. The molecule has 0 aromatic carbocycles. The molecule has 108 valence electrons. The number of carbonyl (C=O) groups excluding carboxylic acids is 2. The van der Waals surface area contributed by atoms with E-state index in [1.54, 1.807) is 12.3 Å². The minimum atomic E-state index is -0.188. The van der Waals surface area contributed by atoms with E-state index in [-0.39, 0.29) is 23.3 Å². The van der Waals surface area contributed by atoms with Crippen molar-refractivity contribution in [2.45, 2.75) is 45.1 Å². The molecular weight excluding hydrogens is 254 g/mol. The Morgan fingerprint density at radius 1 is 1.40 bits per heavy atom. The third-order valence-electron chi connectivity index (χ3n) is 3.46. The maximum atomic E-state index is 12.1. The summed E-state index contributed by atoms with van der Waals surface area (Å²) in [6.07, 6.45) is 2.89. The second kappa shape index (κ2) is 5.61. The minimum Gasteiger partial charge on any atom is -0.354 e. The Bertz CT molecular complexity index is 493. The number of hydrogen-bond donors (Lipinski definition) is 2. The molecule has 1 aliphatic heterocycles. The van der Waals surface area contributed by atoms with Gasteiger partial charge in [-0.3, -0.25) is 14.6 Å². The maximum Gasteiger partial charge on any atom is 0.270 e. The highest BCUT2D eigenvalue weighted by Gasteiger charge is 2.21. The van der Waals surface area contributed by atoms with Gasteiger partial charge in [-0.15, -0.1) is 0 Å². The quantitative estimate of drug-likeness (QED) is 0.856. The molecule has 1 atom stereocenters. The average Bonchev–Trinajstić information content (AvgIpc) is 2.40. The van der Waals surface area contributed by atoms with Crippen LogP contribution in [0.1, 0.15) is 49.7 Å². The molecule has 0 bridgehead atoms. The molecular formula is C15H21N3O2. The van der Waals surface area contributed by atoms with Gasteiger partial charge < -0.3 is 10.6 Å². The van der Waals surface area contributed by atoms with Crippen LogP contribution in [0.3, 0.4) is 0 Å². The number of rotatable bonds is 2. The standard InChI is InChI=1S/C15H21N3O2/c1-15(2,3)10-4-6-12(16-8-10)14(20)18-11-5-7-13(19)17-9-11/h4,6,8,11H,5,7,9H2,1-3H3,(H,17,19)(H,18,20). The van der Waals surface area contributed by atoms with E-state index in [0.29, 0.717) is 25.1 Å². The molecule has 0 radical (unpaired) electrons. The summed E-state index contributed by atoms with van der Waals surface area (Å²) >= 11 is 0. The molecule has 1 fully saturated rings. The molecule has 2 amide bonds. The van der Waals surface area contributed by atoms with Gasteiger partial charge in [0.1, 0.15) is 5.69 Å². The van der Waals surface area contributed by atoms with Crippen LogP contribution in [0.4, 0.5) is 0 Å². The van der Waals surface area contributed by atoms with E-state index < -0.39 is 0 Å². The fourth-order valence-corrected chi connectivity index (χ4v) is 2.09. The van der Waals surface area contributed by atoms with E-state index >= 15 is 0 Å². The maximum absolute atomic E-state index is 12.1. The topological polar surface area (TPSA) is 71.1 Å². The zero-order valence-corrected chi connectivity index (χ0v) is 12.2. The van der Waals surface area contributed by atoms with Gasteiger partial charge >= 0.3 is 0 Å². The Kier molecular flexibility index (Phi) is 4.06. The molecule has 0 aliphatic carbocycles. The molecule has 2 rings (SSSR count). The van der Waals surface area contributed by atoms with E-state index in [4.69, 9.17) is 0 Å². The van der Waals surface area contributed by atoms with Gasteiger partial charge in [0.2, 0.25) is 5.91 Å². The molecule has 1 unspecified atom stereocenters. The van der Waals surface area contributed by atoms with Crippen LogP contribution in [0.2, 0.25) is 0 Å². The first-order chi connectivity index (χ1) is 9.36. The summed E-state index contributed by atoms with van der Waals surface area (Å²) in [5.41, 5.74) is 1.53. The fraction of sp³-hybridized carbons (Fsp3) is 0.533. The van der Waals surface area contributed by atoms with Gasteiger partial charge in [-0.2, -0.15) is 0 Å². The molecule has 2 N–H and O–H groups in total. The van der Waals surface area contributed by atoms with Crippen LogP contribution < -0.4 is 10.6 Å². The molecule has 1 aliphatic rings. The highest BCUT2D eigenvalue weighted by molar-refractivity contribution is 5.92. The molecule has 1 aromatic heterocycles. The number of carbonyl (C=O) groups is 2. The van der Waals surface area contributed by atoms with Crippen molar-refractivity contribution in [3.05, 3.63) is 29.6 Å². The van der Waals surface area contributed by atoms with Crippen LogP contribution in [0.25, 0.3) is 0 Å². The van der Waals surface area contributed by atoms with Gasteiger partial charge in [0.25, 0.3) is 5.91 Å². The summed E-state index contributed by atoms with van der Waals surface area (Å²) in [4.78, 5) is 27.4. The van der Waals surface area contributed by atoms with Gasteiger partial charge in [-0.25, -0.2) is 0 Å². The number of nitrogens with one attached hydrogen (secondary N) is 2. The molecule has 5 nitrogen and oxygen atoms in total. The third kappa shape index (κ3) is 3.56. The smallest absolute Gasteiger partial charge is 0.270 e. The summed E-state index contributed by atoms with van der Waals surface area (Å²) in [7, 11) is 0. The number of nitrogens with zero attached hydrogens (tertiary/aromatic N) is 1. The van der Waals surface area contributed by atoms with E-state index in [1.165, 1.54) is 0 Å². The molecule has 0 spiro atoms. The summed E-state index contributed by atoms with van der Waals surface area (Å²) in [5, 5.41) is 5.64. The normalized spacial score (nSPS) is 19.4. The van der Waals surface area contributed by atoms with Crippen LogP contribution in [-0.2, 0) is 10.2 Å². The monoisotopic (exact) mass is 275 g/mol. The van der Waals surface area contributed by atoms with Crippen LogP contribution in [0.5, 0.6) is 0 Å². The first-order valence-corrected chi connectivity index (χ1v) is 6.90. The van der Waals surface area contributed by atoms with Gasteiger partial charge in [0.05, 0.1) is 0 Å². The SMILES string of the molecule is CC(C)(C)c1ccc(C(=O)NC2CCC(=O)NC2)nc1. The Morgan fingerprint density at radius 2 is 2.15 bits per heavy atom. The Hall–Kier alpha value is -1.91. The Labute approximate surface area is 119 Å². The van der Waals surface area contributed by atoms with E-state index in [0.717, 1.165) is 5.56 Å². The van der Waals surface area contributed by atoms with Crippen molar-refractivity contribution in [2.75, 3.05) is 6.54 Å². The van der Waals surface area contributed by atoms with Crippen LogP contribution in [0.15, 0.2) is 18.3 Å². The summed E-state index contributed by atoms with van der Waals surface area (Å²) < 4.78 is 0. The second-order valence-electron chi connectivity index (χ2n) is 6.20. The molecule has 5 heteroatoms. The summed E-state index contributed by atoms with van der Waals surface area (Å²) in [6.45, 7) is 6.81. The molecule has 1 aromatic rings. The van der Waals surface area contributed by atoms with E-state index in [2.05, 4.69) is 36.4 Å². The predicted octanol–water partition coefficient (Wildman–Crippen LogP) is 1.39. The highest BCUT2D eigenvalue weighted by atomic mass is 16.2. The Morgan fingerprint density at radius 3 is 2.65 bits per heavy atom. The summed E-state index contributed by atoms with van der Waals surface area (Å²) in [5.74, 6) is -0.144. The lowest BCUT2D eigenvalue weighted by Crippen LogP contribution is -2.47. The van der Waals surface area contributed by atoms with Crippen molar-refractivity contribution in [1.82, 2.24) is 15.6 Å². The number of hydrogen-bond acceptors (Lipinski definition) is 3. The first kappa shape index (κ1) is 14.5. The molecule has 2 heterocycles. The highest BCUT2D eigenvalue weighted by Crippen LogP contribution is 2.20. The molecule has 0 saturated carbocycles. The van der Waals surface area contributed by atoms with E-state index in [1.807, 2.05) is 6.07 Å². The lowest BCUT2D eigenvalue weighted by molar-refractivity contribution is -0.122. The van der Waals surface area contributed by atoms with Gasteiger partial charge in [-0.1, -0.05) is 26.8 Å². The molecule has 1 saturated heterocycles. The van der Waals surface area contributed by atoms with Crippen molar-refractivity contribution in [3.8, 4) is 0 Å². The zero-order valence-electron chi connectivity index (χ0n) is 12.2. The first-order valence-electron chi connectivity index (χ1n) is 6.90. The lowest BCUT2D eigenvalue weighted by atomic mass is 9.88. The number of amides is 2. The predicted molar refractivity (Wildman–Crippen MR) is 76.4 cm³/mol. The number of pyridine rings is 1.